The number of nitrogens with zero attached hydrogens (tertiary/aromatic N) is 1. The monoisotopic (exact) mass is 142 g/mol. The first-order valence-electron chi connectivity index (χ1n) is 4.25. The Morgan fingerprint density at radius 3 is 2.90 bits per heavy atom. The standard InChI is InChI=1S/C8H18N2/c1-10-7-3-5-8(10)4-2-6-9/h8H,2-7,9H2,1H3. The van der Waals surface area contributed by atoms with E-state index in [-0.39, 0.29) is 0 Å². The molecule has 1 fully saturated rings. The van der Waals surface area contributed by atoms with Gasteiger partial charge in [0.25, 0.3) is 0 Å². The fourth-order valence-electron chi connectivity index (χ4n) is 1.70. The van der Waals surface area contributed by atoms with E-state index in [9.17, 15) is 0 Å². The molecule has 1 atom stereocenters. The van der Waals surface area contributed by atoms with Crippen LogP contribution in [0.1, 0.15) is 25.7 Å². The van der Waals surface area contributed by atoms with Gasteiger partial charge in [-0.1, -0.05) is 0 Å². The second-order valence-electron chi connectivity index (χ2n) is 3.21. The van der Waals surface area contributed by atoms with E-state index in [0.29, 0.717) is 0 Å². The van der Waals surface area contributed by atoms with Crippen LogP contribution in [0.2, 0.25) is 0 Å². The van der Waals surface area contributed by atoms with Gasteiger partial charge in [-0.05, 0) is 45.8 Å². The molecule has 0 saturated carbocycles. The summed E-state index contributed by atoms with van der Waals surface area (Å²) in [4.78, 5) is 2.45. The average Bonchev–Trinajstić information content (AvgIpc) is 2.31. The molecule has 0 aliphatic carbocycles. The Labute approximate surface area is 63.4 Å². The zero-order valence-corrected chi connectivity index (χ0v) is 6.84. The van der Waals surface area contributed by atoms with Crippen molar-refractivity contribution in [3.63, 3.8) is 0 Å². The van der Waals surface area contributed by atoms with Gasteiger partial charge in [-0.25, -0.2) is 0 Å². The highest BCUT2D eigenvalue weighted by molar-refractivity contribution is 4.75. The number of nitrogens with two attached hydrogens (primary N) is 1. The fourth-order valence-corrected chi connectivity index (χ4v) is 1.70. The van der Waals surface area contributed by atoms with Gasteiger partial charge in [0.05, 0.1) is 0 Å². The zero-order valence-electron chi connectivity index (χ0n) is 6.84. The summed E-state index contributed by atoms with van der Waals surface area (Å²) < 4.78 is 0. The van der Waals surface area contributed by atoms with E-state index in [1.54, 1.807) is 0 Å². The largest absolute Gasteiger partial charge is 0.330 e. The molecule has 2 N–H and O–H groups in total. The Morgan fingerprint density at radius 1 is 1.60 bits per heavy atom. The summed E-state index contributed by atoms with van der Waals surface area (Å²) >= 11 is 0. The number of likely N-dealkylation sites (tertiary alicyclic amines) is 1. The molecule has 0 bridgehead atoms. The first-order valence-corrected chi connectivity index (χ1v) is 4.25. The van der Waals surface area contributed by atoms with Gasteiger partial charge in [0.15, 0.2) is 0 Å². The molecule has 2 nitrogen and oxygen atoms in total. The van der Waals surface area contributed by atoms with Gasteiger partial charge in [0, 0.05) is 6.04 Å². The second-order valence-corrected chi connectivity index (χ2v) is 3.21. The van der Waals surface area contributed by atoms with E-state index in [1.807, 2.05) is 0 Å². The Balaban J connectivity index is 2.14. The van der Waals surface area contributed by atoms with Gasteiger partial charge in [0.2, 0.25) is 0 Å². The molecule has 0 spiro atoms. The maximum Gasteiger partial charge on any atom is 0.00931 e. The van der Waals surface area contributed by atoms with E-state index < -0.39 is 0 Å². The summed E-state index contributed by atoms with van der Waals surface area (Å²) in [6, 6.07) is 0.837. The van der Waals surface area contributed by atoms with Gasteiger partial charge in [-0.3, -0.25) is 0 Å². The lowest BCUT2D eigenvalue weighted by Gasteiger charge is -2.18. The molecule has 0 radical (unpaired) electrons. The smallest absolute Gasteiger partial charge is 0.00931 e. The van der Waals surface area contributed by atoms with Crippen LogP contribution in [-0.4, -0.2) is 31.1 Å². The van der Waals surface area contributed by atoms with Crippen molar-refractivity contribution in [3.05, 3.63) is 0 Å². The molecule has 60 valence electrons. The molecule has 0 amide bonds. The summed E-state index contributed by atoms with van der Waals surface area (Å²) in [6.07, 6.45) is 5.25. The molecule has 1 aliphatic heterocycles. The highest BCUT2D eigenvalue weighted by Gasteiger charge is 2.19. The molecule has 2 heteroatoms. The van der Waals surface area contributed by atoms with Crippen molar-refractivity contribution in [2.75, 3.05) is 20.1 Å². The van der Waals surface area contributed by atoms with Gasteiger partial charge >= 0.3 is 0 Å². The van der Waals surface area contributed by atoms with Crippen LogP contribution in [0, 0.1) is 0 Å². The first kappa shape index (κ1) is 8.02. The highest BCUT2D eigenvalue weighted by atomic mass is 15.1. The van der Waals surface area contributed by atoms with Crippen molar-refractivity contribution in [2.24, 2.45) is 5.73 Å². The lowest BCUT2D eigenvalue weighted by atomic mass is 10.1. The molecular weight excluding hydrogens is 124 g/mol. The minimum Gasteiger partial charge on any atom is -0.330 e. The maximum atomic E-state index is 5.43. The van der Waals surface area contributed by atoms with Crippen LogP contribution in [0.25, 0.3) is 0 Å². The molecule has 1 rings (SSSR count). The van der Waals surface area contributed by atoms with Crippen LogP contribution in [0.4, 0.5) is 0 Å². The first-order chi connectivity index (χ1) is 4.84. The third-order valence-corrected chi connectivity index (χ3v) is 2.41. The molecule has 0 aromatic carbocycles. The molecular formula is C8H18N2. The SMILES string of the molecule is CN1CCCC1CCCN. The van der Waals surface area contributed by atoms with Crippen molar-refractivity contribution in [3.8, 4) is 0 Å². The predicted molar refractivity (Wildman–Crippen MR) is 43.9 cm³/mol. The molecule has 1 aliphatic rings. The molecule has 1 heterocycles. The lowest BCUT2D eigenvalue weighted by Crippen LogP contribution is -2.25. The number of hydrogen-bond acceptors (Lipinski definition) is 2. The summed E-state index contributed by atoms with van der Waals surface area (Å²) in [7, 11) is 2.22. The second kappa shape index (κ2) is 3.94. The van der Waals surface area contributed by atoms with E-state index in [0.717, 1.165) is 12.6 Å². The van der Waals surface area contributed by atoms with Crippen molar-refractivity contribution >= 4 is 0 Å². The van der Waals surface area contributed by atoms with Gasteiger partial charge < -0.3 is 10.6 Å². The highest BCUT2D eigenvalue weighted by Crippen LogP contribution is 2.18. The third kappa shape index (κ3) is 1.96. The Morgan fingerprint density at radius 2 is 2.40 bits per heavy atom. The van der Waals surface area contributed by atoms with Crippen LogP contribution in [0.15, 0.2) is 0 Å². The van der Waals surface area contributed by atoms with Crippen LogP contribution >= 0.6 is 0 Å². The van der Waals surface area contributed by atoms with E-state index in [4.69, 9.17) is 5.73 Å². The van der Waals surface area contributed by atoms with E-state index in [2.05, 4.69) is 11.9 Å². The average molecular weight is 142 g/mol. The van der Waals surface area contributed by atoms with Crippen LogP contribution in [0.3, 0.4) is 0 Å². The molecule has 0 aromatic heterocycles. The predicted octanol–water partition coefficient (Wildman–Crippen LogP) is 0.819. The number of hydrogen-bond donors (Lipinski definition) is 1. The lowest BCUT2D eigenvalue weighted by molar-refractivity contribution is 0.293. The molecule has 0 aromatic rings. The molecule has 10 heavy (non-hydrogen) atoms. The van der Waals surface area contributed by atoms with Crippen LogP contribution in [-0.2, 0) is 0 Å². The van der Waals surface area contributed by atoms with Gasteiger partial charge in [0.1, 0.15) is 0 Å². The molecule has 1 unspecified atom stereocenters. The van der Waals surface area contributed by atoms with Crippen molar-refractivity contribution in [2.45, 2.75) is 31.7 Å². The molecule has 1 saturated heterocycles. The van der Waals surface area contributed by atoms with E-state index in [1.165, 1.54) is 32.2 Å². The Kier molecular flexibility index (Phi) is 3.16. The van der Waals surface area contributed by atoms with Gasteiger partial charge in [-0.15, -0.1) is 0 Å². The third-order valence-electron chi connectivity index (χ3n) is 2.41. The fraction of sp³-hybridized carbons (Fsp3) is 1.00. The van der Waals surface area contributed by atoms with Crippen molar-refractivity contribution in [1.29, 1.82) is 0 Å². The van der Waals surface area contributed by atoms with Crippen LogP contribution < -0.4 is 5.73 Å². The maximum absolute atomic E-state index is 5.43. The summed E-state index contributed by atoms with van der Waals surface area (Å²) in [5, 5.41) is 0. The zero-order chi connectivity index (χ0) is 7.40. The van der Waals surface area contributed by atoms with E-state index >= 15 is 0 Å². The van der Waals surface area contributed by atoms with Crippen LogP contribution in [0.5, 0.6) is 0 Å². The van der Waals surface area contributed by atoms with Gasteiger partial charge in [-0.2, -0.15) is 0 Å². The summed E-state index contributed by atoms with van der Waals surface area (Å²) in [5.41, 5.74) is 5.43. The summed E-state index contributed by atoms with van der Waals surface area (Å²) in [6.45, 7) is 2.14. The quantitative estimate of drug-likeness (QED) is 0.632. The summed E-state index contributed by atoms with van der Waals surface area (Å²) in [5.74, 6) is 0. The van der Waals surface area contributed by atoms with Crippen molar-refractivity contribution < 1.29 is 0 Å². The van der Waals surface area contributed by atoms with Crippen molar-refractivity contribution in [1.82, 2.24) is 4.90 Å². The minimum atomic E-state index is 0.837. The normalized spacial score (nSPS) is 27.6. The number of rotatable bonds is 3. The Bertz CT molecular complexity index is 93.3. The topological polar surface area (TPSA) is 29.3 Å². The minimum absolute atomic E-state index is 0.837. The Hall–Kier alpha value is -0.0800.